The number of nitrogens with two attached hydrogens (primary N) is 1. The zero-order valence-corrected chi connectivity index (χ0v) is 23.9. The standard InChI is InChI=1S/C27H32N10O.C2H6/c1-18-24-26(28)29-17-30-27(24)37(31-18)19(2)21-16-20-6-4-5-9-35(20)25(21)22-7-8-23(38)36(32-22)15-14-34-12-10-33(3)11-13-34;1-2/h4-9,16-17,19H,10-15H2,1-3H3,(H2,28,29,30);1-2H3. The summed E-state index contributed by atoms with van der Waals surface area (Å²) in [6.07, 6.45) is 3.49. The molecule has 1 unspecified atom stereocenters. The highest BCUT2D eigenvalue weighted by Crippen LogP contribution is 2.34. The fourth-order valence-corrected chi connectivity index (χ4v) is 5.35. The van der Waals surface area contributed by atoms with Crippen LogP contribution in [0.1, 0.15) is 38.1 Å². The summed E-state index contributed by atoms with van der Waals surface area (Å²) in [5, 5.41) is 10.4. The van der Waals surface area contributed by atoms with E-state index in [0.29, 0.717) is 18.0 Å². The van der Waals surface area contributed by atoms with Gasteiger partial charge in [-0.15, -0.1) is 0 Å². The minimum atomic E-state index is -0.178. The van der Waals surface area contributed by atoms with E-state index in [9.17, 15) is 4.79 Å². The summed E-state index contributed by atoms with van der Waals surface area (Å²) in [5.74, 6) is 0.419. The van der Waals surface area contributed by atoms with Gasteiger partial charge in [-0.25, -0.2) is 19.3 Å². The number of likely N-dealkylation sites (N-methyl/N-ethyl adjacent to an activating group) is 1. The highest BCUT2D eigenvalue weighted by Gasteiger charge is 2.24. The van der Waals surface area contributed by atoms with Crippen molar-refractivity contribution in [3.63, 3.8) is 0 Å². The molecule has 11 nitrogen and oxygen atoms in total. The van der Waals surface area contributed by atoms with Crippen LogP contribution >= 0.6 is 0 Å². The summed E-state index contributed by atoms with van der Waals surface area (Å²) in [7, 11) is 2.14. The Labute approximate surface area is 233 Å². The van der Waals surface area contributed by atoms with Crippen LogP contribution in [0.2, 0.25) is 0 Å². The molecule has 0 bridgehead atoms. The van der Waals surface area contributed by atoms with Gasteiger partial charge >= 0.3 is 0 Å². The number of rotatable bonds is 6. The van der Waals surface area contributed by atoms with Crippen LogP contribution in [0, 0.1) is 6.92 Å². The molecule has 0 radical (unpaired) electrons. The first-order valence-electron chi connectivity index (χ1n) is 14.0. The van der Waals surface area contributed by atoms with Gasteiger partial charge in [0.2, 0.25) is 0 Å². The van der Waals surface area contributed by atoms with Crippen molar-refractivity contribution in [3.05, 3.63) is 70.5 Å². The lowest BCUT2D eigenvalue weighted by molar-refractivity contribution is 0.148. The van der Waals surface area contributed by atoms with Crippen molar-refractivity contribution < 1.29 is 0 Å². The van der Waals surface area contributed by atoms with E-state index < -0.39 is 0 Å². The number of piperazine rings is 1. The number of hydrogen-bond acceptors (Lipinski definition) is 8. The Morgan fingerprint density at radius 2 is 1.77 bits per heavy atom. The summed E-state index contributed by atoms with van der Waals surface area (Å²) >= 11 is 0. The van der Waals surface area contributed by atoms with Gasteiger partial charge in [-0.1, -0.05) is 19.9 Å². The molecular weight excluding hydrogens is 504 g/mol. The second-order valence-electron chi connectivity index (χ2n) is 10.0. The van der Waals surface area contributed by atoms with Gasteiger partial charge in [0.25, 0.3) is 5.56 Å². The lowest BCUT2D eigenvalue weighted by Gasteiger charge is -2.32. The number of nitrogens with zero attached hydrogens (tertiary/aromatic N) is 9. The average molecular weight is 543 g/mol. The average Bonchev–Trinajstić information content (AvgIpc) is 3.53. The highest BCUT2D eigenvalue weighted by molar-refractivity contribution is 5.88. The van der Waals surface area contributed by atoms with Crippen molar-refractivity contribution in [2.75, 3.05) is 45.5 Å². The second kappa shape index (κ2) is 11.6. The molecule has 6 rings (SSSR count). The first-order valence-corrected chi connectivity index (χ1v) is 14.0. The number of aromatic nitrogens is 7. The molecule has 1 aliphatic heterocycles. The minimum Gasteiger partial charge on any atom is -0.383 e. The molecule has 0 aromatic carbocycles. The molecule has 5 aromatic rings. The lowest BCUT2D eigenvalue weighted by Crippen LogP contribution is -2.46. The number of aryl methyl sites for hydroxylation is 1. The molecular formula is C29H38N10O. The maximum atomic E-state index is 12.8. The smallest absolute Gasteiger partial charge is 0.266 e. The SMILES string of the molecule is CC.Cc1nn(C(C)c2cc3ccccn3c2-c2ccc(=O)n(CCN3CCN(C)CC3)n2)c2ncnc(N)c12. The molecule has 1 saturated heterocycles. The van der Waals surface area contributed by atoms with Crippen LogP contribution in [0.5, 0.6) is 0 Å². The van der Waals surface area contributed by atoms with Crippen molar-refractivity contribution in [3.8, 4) is 11.4 Å². The van der Waals surface area contributed by atoms with Gasteiger partial charge in [-0.05, 0) is 45.2 Å². The van der Waals surface area contributed by atoms with E-state index in [1.807, 2.05) is 49.8 Å². The fourth-order valence-electron chi connectivity index (χ4n) is 5.35. The monoisotopic (exact) mass is 542 g/mol. The Kier molecular flexibility index (Phi) is 7.95. The van der Waals surface area contributed by atoms with Gasteiger partial charge in [0.1, 0.15) is 17.8 Å². The maximum absolute atomic E-state index is 12.8. The van der Waals surface area contributed by atoms with Gasteiger partial charge in [-0.3, -0.25) is 9.69 Å². The Morgan fingerprint density at radius 1 is 1.00 bits per heavy atom. The number of pyridine rings is 1. The van der Waals surface area contributed by atoms with E-state index in [1.54, 1.807) is 10.7 Å². The van der Waals surface area contributed by atoms with Gasteiger partial charge in [0.15, 0.2) is 5.65 Å². The van der Waals surface area contributed by atoms with E-state index >= 15 is 0 Å². The van der Waals surface area contributed by atoms with Crippen LogP contribution in [0.4, 0.5) is 5.82 Å². The lowest BCUT2D eigenvalue weighted by atomic mass is 10.1. The second-order valence-corrected chi connectivity index (χ2v) is 10.0. The van der Waals surface area contributed by atoms with E-state index in [1.165, 1.54) is 6.33 Å². The fraction of sp³-hybridized carbons (Fsp3) is 0.414. The first-order chi connectivity index (χ1) is 19.4. The third-order valence-electron chi connectivity index (χ3n) is 7.55. The molecule has 2 N–H and O–H groups in total. The van der Waals surface area contributed by atoms with Crippen molar-refractivity contribution in [2.45, 2.75) is 40.3 Å². The number of hydrogen-bond donors (Lipinski definition) is 1. The molecule has 5 aromatic heterocycles. The highest BCUT2D eigenvalue weighted by atomic mass is 16.1. The largest absolute Gasteiger partial charge is 0.383 e. The van der Waals surface area contributed by atoms with Crippen molar-refractivity contribution >= 4 is 22.4 Å². The minimum absolute atomic E-state index is 0.0980. The number of anilines is 1. The summed E-state index contributed by atoms with van der Waals surface area (Å²) in [5.41, 5.74) is 11.2. The topological polar surface area (TPSA) is 115 Å². The van der Waals surface area contributed by atoms with Gasteiger partial charge in [-0.2, -0.15) is 10.2 Å². The molecule has 1 fully saturated rings. The third kappa shape index (κ3) is 5.09. The van der Waals surface area contributed by atoms with Crippen molar-refractivity contribution in [1.82, 2.24) is 43.7 Å². The molecule has 0 aliphatic carbocycles. The predicted molar refractivity (Wildman–Crippen MR) is 158 cm³/mol. The Morgan fingerprint density at radius 3 is 2.55 bits per heavy atom. The molecule has 0 amide bonds. The van der Waals surface area contributed by atoms with E-state index in [2.05, 4.69) is 50.3 Å². The van der Waals surface area contributed by atoms with Crippen LogP contribution in [0.15, 0.2) is 53.7 Å². The Hall–Kier alpha value is -4.09. The molecule has 1 atom stereocenters. The first kappa shape index (κ1) is 27.5. The quantitative estimate of drug-likeness (QED) is 0.348. The molecule has 0 spiro atoms. The van der Waals surface area contributed by atoms with E-state index in [-0.39, 0.29) is 11.6 Å². The normalized spacial score (nSPS) is 15.3. The number of fused-ring (bicyclic) bond motifs is 2. The van der Waals surface area contributed by atoms with E-state index in [4.69, 9.17) is 15.9 Å². The summed E-state index contributed by atoms with van der Waals surface area (Å²) in [6.45, 7) is 13.4. The van der Waals surface area contributed by atoms with Gasteiger partial charge in [0, 0.05) is 56.1 Å². The number of nitrogen functional groups attached to an aromatic ring is 1. The van der Waals surface area contributed by atoms with Crippen molar-refractivity contribution in [1.29, 1.82) is 0 Å². The molecule has 6 heterocycles. The van der Waals surface area contributed by atoms with Gasteiger partial charge < -0.3 is 15.0 Å². The summed E-state index contributed by atoms with van der Waals surface area (Å²) in [6, 6.07) is 11.5. The summed E-state index contributed by atoms with van der Waals surface area (Å²) < 4.78 is 5.60. The molecule has 210 valence electrons. The van der Waals surface area contributed by atoms with E-state index in [0.717, 1.165) is 66.3 Å². The predicted octanol–water partition coefficient (Wildman–Crippen LogP) is 3.08. The zero-order valence-electron chi connectivity index (χ0n) is 23.9. The molecule has 0 saturated carbocycles. The third-order valence-corrected chi connectivity index (χ3v) is 7.55. The van der Waals surface area contributed by atoms with Crippen LogP contribution in [0.25, 0.3) is 27.9 Å². The van der Waals surface area contributed by atoms with Crippen LogP contribution in [0.3, 0.4) is 0 Å². The van der Waals surface area contributed by atoms with Crippen LogP contribution in [-0.4, -0.2) is 83.5 Å². The Balaban J connectivity index is 0.00000158. The summed E-state index contributed by atoms with van der Waals surface area (Å²) in [4.78, 5) is 26.1. The maximum Gasteiger partial charge on any atom is 0.266 e. The molecule has 40 heavy (non-hydrogen) atoms. The zero-order chi connectivity index (χ0) is 28.4. The Bertz CT molecular complexity index is 1680. The van der Waals surface area contributed by atoms with Crippen molar-refractivity contribution in [2.24, 2.45) is 0 Å². The van der Waals surface area contributed by atoms with Crippen LogP contribution in [-0.2, 0) is 6.54 Å². The molecule has 1 aliphatic rings. The molecule has 11 heteroatoms. The van der Waals surface area contributed by atoms with Crippen LogP contribution < -0.4 is 11.3 Å². The van der Waals surface area contributed by atoms with Gasteiger partial charge in [0.05, 0.1) is 29.4 Å².